The van der Waals surface area contributed by atoms with Crippen LogP contribution in [0.2, 0.25) is 0 Å². The minimum Gasteiger partial charge on any atom is -0.271 e. The van der Waals surface area contributed by atoms with Crippen molar-refractivity contribution in [2.24, 2.45) is 0 Å². The van der Waals surface area contributed by atoms with Crippen LogP contribution in [0.25, 0.3) is 106 Å². The minimum atomic E-state index is -0.179. The second kappa shape index (κ2) is 30.8. The lowest BCUT2D eigenvalue weighted by molar-refractivity contribution is 0.381. The van der Waals surface area contributed by atoms with Gasteiger partial charge < -0.3 is 0 Å². The molecule has 6 nitrogen and oxygen atoms in total. The molecule has 0 aliphatic rings. The lowest BCUT2D eigenvalue weighted by atomic mass is 9.79. The number of pyridine rings is 2. The molecule has 11 rings (SSSR count). The third kappa shape index (κ3) is 13.3. The van der Waals surface area contributed by atoms with E-state index in [0.29, 0.717) is 21.5 Å². The van der Waals surface area contributed by atoms with Gasteiger partial charge in [-0.3, -0.25) is 28.3 Å². The molecule has 88 heavy (non-hydrogen) atoms. The molecular weight excluding hydrogens is 1180 g/mol. The average Bonchev–Trinajstić information content (AvgIpc) is 0.684. The number of unbranched alkanes of at least 4 members (excludes halogenated alkanes) is 32. The number of halogens is 1. The molecule has 0 spiro atoms. The molecule has 0 amide bonds. The number of benzene rings is 7. The molecule has 0 bridgehead atoms. The number of hydrogen-bond acceptors (Lipinski definition) is 6. The summed E-state index contributed by atoms with van der Waals surface area (Å²) in [5.74, 6) is 0. The van der Waals surface area contributed by atoms with Crippen molar-refractivity contribution < 1.29 is 0 Å². The largest absolute Gasteiger partial charge is 0.271 e. The van der Waals surface area contributed by atoms with Crippen LogP contribution in [0, 0.1) is 6.92 Å². The zero-order valence-electron chi connectivity index (χ0n) is 54.6. The van der Waals surface area contributed by atoms with Gasteiger partial charge >= 0.3 is 0 Å². The number of nitrogens with zero attached hydrogens (tertiary/aromatic N) is 2. The van der Waals surface area contributed by atoms with Gasteiger partial charge in [0, 0.05) is 102 Å². The Kier molecular flexibility index (Phi) is 22.8. The quantitative estimate of drug-likeness (QED) is 0.0217. The Morgan fingerprint density at radius 1 is 0.295 bits per heavy atom. The highest BCUT2D eigenvalue weighted by Crippen LogP contribution is 2.57. The van der Waals surface area contributed by atoms with Gasteiger partial charge in [0.05, 0.1) is 3.79 Å². The SMILES string of the molecule is CCCCCCCCCCCC(CCCCCCCCCCC)n1c(=O)c2cc3c4cc(Br)sc4c4cc5c(=O)n(C(CCCCCCCCCCC)CCCCCCCCCCC)c(=O)c6cc7c8cc(C)sc8c8cc(c1=O)c2c1c3c4c(c65)c7c81. The molecule has 0 aliphatic carbocycles. The van der Waals surface area contributed by atoms with Gasteiger partial charge in [0.25, 0.3) is 22.2 Å². The highest BCUT2D eigenvalue weighted by Gasteiger charge is 2.33. The molecule has 0 atom stereocenters. The van der Waals surface area contributed by atoms with Crippen molar-refractivity contribution in [2.75, 3.05) is 0 Å². The Hall–Kier alpha value is -4.44. The average molecular weight is 1290 g/mol. The summed E-state index contributed by atoms with van der Waals surface area (Å²) < 4.78 is 6.65. The fraction of sp³-hybridized carbons (Fsp3) is 0.595. The van der Waals surface area contributed by atoms with Crippen LogP contribution < -0.4 is 22.2 Å². The molecule has 0 saturated heterocycles. The molecule has 0 unspecified atom stereocenters. The molecule has 0 aliphatic heterocycles. The molecular formula is C79H103BrN2O4S2. The van der Waals surface area contributed by atoms with Gasteiger partial charge in [-0.2, -0.15) is 0 Å². The van der Waals surface area contributed by atoms with Crippen molar-refractivity contribution in [3.8, 4) is 0 Å². The fourth-order valence-electron chi connectivity index (χ4n) is 16.4. The van der Waals surface area contributed by atoms with E-state index in [-0.39, 0.29) is 34.3 Å². The molecule has 11 aromatic rings. The number of fused-ring (bicyclic) bond motifs is 6. The number of aryl methyl sites for hydroxylation is 1. The van der Waals surface area contributed by atoms with Crippen molar-refractivity contribution in [3.05, 3.63) is 86.5 Å². The zero-order valence-corrected chi connectivity index (χ0v) is 57.8. The van der Waals surface area contributed by atoms with Crippen LogP contribution in [0.5, 0.6) is 0 Å². The van der Waals surface area contributed by atoms with Gasteiger partial charge in [-0.1, -0.05) is 259 Å². The Bertz CT molecular complexity index is 3750. The third-order valence-corrected chi connectivity index (χ3v) is 23.8. The molecule has 0 fully saturated rings. The van der Waals surface area contributed by atoms with Crippen molar-refractivity contribution in [3.63, 3.8) is 0 Å². The predicted octanol–water partition coefficient (Wildman–Crippen LogP) is 25.4. The summed E-state index contributed by atoms with van der Waals surface area (Å²) in [5.41, 5.74) is -0.623. The number of hydrogen-bond donors (Lipinski definition) is 0. The Labute approximate surface area is 540 Å². The lowest BCUT2D eigenvalue weighted by Crippen LogP contribution is -2.37. The van der Waals surface area contributed by atoms with Crippen LogP contribution in [0.15, 0.2) is 59.4 Å². The van der Waals surface area contributed by atoms with Gasteiger partial charge in [0.15, 0.2) is 0 Å². The number of aromatic nitrogens is 2. The highest BCUT2D eigenvalue weighted by molar-refractivity contribution is 9.11. The van der Waals surface area contributed by atoms with E-state index in [4.69, 9.17) is 0 Å². The summed E-state index contributed by atoms with van der Waals surface area (Å²) in [4.78, 5) is 64.9. The van der Waals surface area contributed by atoms with E-state index in [1.165, 1.54) is 185 Å². The van der Waals surface area contributed by atoms with Crippen molar-refractivity contribution in [2.45, 2.75) is 304 Å². The summed E-state index contributed by atoms with van der Waals surface area (Å²) in [7, 11) is 0. The van der Waals surface area contributed by atoms with E-state index in [0.717, 1.165) is 166 Å². The van der Waals surface area contributed by atoms with Gasteiger partial charge in [-0.25, -0.2) is 0 Å². The monoisotopic (exact) mass is 1290 g/mol. The van der Waals surface area contributed by atoms with Crippen LogP contribution in [0.1, 0.15) is 301 Å². The van der Waals surface area contributed by atoms with E-state index in [2.05, 4.69) is 86.9 Å². The molecule has 4 aromatic heterocycles. The number of thiophene rings is 2. The van der Waals surface area contributed by atoms with Gasteiger partial charge in [-0.05, 0) is 106 Å². The predicted molar refractivity (Wildman–Crippen MR) is 392 cm³/mol. The van der Waals surface area contributed by atoms with Gasteiger partial charge in [0.2, 0.25) is 0 Å². The molecule has 0 N–H and O–H groups in total. The first-order valence-electron chi connectivity index (χ1n) is 36.2. The van der Waals surface area contributed by atoms with Crippen molar-refractivity contribution in [1.29, 1.82) is 0 Å². The van der Waals surface area contributed by atoms with E-state index in [1.54, 1.807) is 31.8 Å². The topological polar surface area (TPSA) is 78.1 Å². The maximum atomic E-state index is 15.9. The van der Waals surface area contributed by atoms with E-state index in [1.807, 2.05) is 0 Å². The zero-order chi connectivity index (χ0) is 61.3. The summed E-state index contributed by atoms with van der Waals surface area (Å²) in [6.07, 6.45) is 47.6. The molecule has 472 valence electrons. The van der Waals surface area contributed by atoms with E-state index in [9.17, 15) is 0 Å². The van der Waals surface area contributed by atoms with Gasteiger partial charge in [0.1, 0.15) is 0 Å². The molecule has 4 heterocycles. The van der Waals surface area contributed by atoms with Crippen LogP contribution in [0.4, 0.5) is 0 Å². The maximum absolute atomic E-state index is 15.9. The van der Waals surface area contributed by atoms with Crippen molar-refractivity contribution in [1.82, 2.24) is 9.13 Å². The second-order valence-electron chi connectivity index (χ2n) is 27.5. The second-order valence-corrected chi connectivity index (χ2v) is 31.2. The summed E-state index contributed by atoms with van der Waals surface area (Å²) in [6.45, 7) is 11.3. The molecule has 0 saturated carbocycles. The minimum absolute atomic E-state index is 0.153. The fourth-order valence-corrected chi connectivity index (χ4v) is 19.1. The lowest BCUT2D eigenvalue weighted by Gasteiger charge is -2.26. The maximum Gasteiger partial charge on any atom is 0.261 e. The smallest absolute Gasteiger partial charge is 0.261 e. The standard InChI is InChI=1S/C79H103BrN2O4S2/c1-6-10-14-18-22-26-30-34-38-42-53(43-39-35-31-27-23-19-15-11-7-2)81-76(83)61-47-55-57-46-52(5)87-74(57)59-49-63-67-62(48-56-58-51-65(80)88-75(58)60-50-64(79(81)86)66(61)72-68(55)70(59)73(67)69(56)71(60)72)77(84)82(78(63)85)54(44-40-36-32-28-24-20-16-12-8-3)45-41-37-33-29-25-21-17-13-9-4/h46-51,53-54H,6-45H2,1-5H3. The summed E-state index contributed by atoms with van der Waals surface area (Å²) in [6, 6.07) is 12.8. The Morgan fingerprint density at radius 3 is 0.875 bits per heavy atom. The van der Waals surface area contributed by atoms with Crippen LogP contribution in [-0.4, -0.2) is 9.13 Å². The Morgan fingerprint density at radius 2 is 0.557 bits per heavy atom. The number of rotatable bonds is 42. The summed E-state index contributed by atoms with van der Waals surface area (Å²) in [5, 5.41) is 16.4. The first-order valence-corrected chi connectivity index (χ1v) is 38.6. The molecule has 7 aromatic carbocycles. The van der Waals surface area contributed by atoms with Crippen LogP contribution in [0.3, 0.4) is 0 Å². The summed E-state index contributed by atoms with van der Waals surface area (Å²) >= 11 is 7.42. The highest BCUT2D eigenvalue weighted by atomic mass is 79.9. The molecule has 0 radical (unpaired) electrons. The van der Waals surface area contributed by atoms with Crippen molar-refractivity contribution >= 4 is 145 Å². The molecule has 9 heteroatoms. The van der Waals surface area contributed by atoms with E-state index >= 15 is 19.2 Å². The Balaban J connectivity index is 1.06. The third-order valence-electron chi connectivity index (χ3n) is 21.0. The van der Waals surface area contributed by atoms with E-state index < -0.39 is 0 Å². The first kappa shape index (κ1) is 65.1. The first-order chi connectivity index (χ1) is 43.1. The van der Waals surface area contributed by atoms with Gasteiger partial charge in [-0.15, -0.1) is 22.7 Å². The van der Waals surface area contributed by atoms with Crippen LogP contribution >= 0.6 is 38.6 Å². The normalized spacial score (nSPS) is 12.8. The van der Waals surface area contributed by atoms with Crippen LogP contribution in [-0.2, 0) is 0 Å².